The van der Waals surface area contributed by atoms with Crippen molar-refractivity contribution in [3.8, 4) is 17.1 Å². The first-order chi connectivity index (χ1) is 15.9. The van der Waals surface area contributed by atoms with E-state index in [1.807, 2.05) is 30.3 Å². The highest BCUT2D eigenvalue weighted by Crippen LogP contribution is 2.30. The predicted octanol–water partition coefficient (Wildman–Crippen LogP) is 1.66. The number of carbonyl (C=O) groups excluding carboxylic acids is 1. The molecule has 1 fully saturated rings. The highest BCUT2D eigenvalue weighted by Gasteiger charge is 2.30. The topological polar surface area (TPSA) is 116 Å². The zero-order valence-electron chi connectivity index (χ0n) is 18.1. The first-order valence-electron chi connectivity index (χ1n) is 11.1. The monoisotopic (exact) mass is 487 g/mol. The summed E-state index contributed by atoms with van der Waals surface area (Å²) in [6, 6.07) is 8.95. The quantitative estimate of drug-likeness (QED) is 0.430. The van der Waals surface area contributed by atoms with Crippen LogP contribution in [0, 0.1) is 0 Å². The third kappa shape index (κ3) is 4.56. The summed E-state index contributed by atoms with van der Waals surface area (Å²) in [5, 5.41) is 7.99. The smallest absolute Gasteiger partial charge is 0.284 e. The molecule has 11 heteroatoms. The largest absolute Gasteiger partial charge is 0.352 e. The van der Waals surface area contributed by atoms with E-state index < -0.39 is 9.84 Å². The van der Waals surface area contributed by atoms with Gasteiger partial charge in [-0.05, 0) is 37.8 Å². The lowest BCUT2D eigenvalue weighted by molar-refractivity contribution is -0.119. The SMILES string of the molecule is O=C(CSc1nc2nn(-c3ccccc3)c(=O)c-2c2n1CCCCC2)N[C@H]1CCS(=O)(=O)C1. The van der Waals surface area contributed by atoms with E-state index in [1.54, 1.807) is 0 Å². The van der Waals surface area contributed by atoms with E-state index in [4.69, 9.17) is 0 Å². The van der Waals surface area contributed by atoms with Crippen LogP contribution < -0.4 is 10.9 Å². The van der Waals surface area contributed by atoms with Gasteiger partial charge in [0.1, 0.15) is 5.56 Å². The number of thioether (sulfide) groups is 1. The molecule has 1 atom stereocenters. The van der Waals surface area contributed by atoms with Gasteiger partial charge in [0.05, 0.1) is 22.9 Å². The van der Waals surface area contributed by atoms with Gasteiger partial charge in [-0.2, -0.15) is 4.68 Å². The summed E-state index contributed by atoms with van der Waals surface area (Å²) in [5.74, 6) is 0.418. The van der Waals surface area contributed by atoms with E-state index in [9.17, 15) is 18.0 Å². The van der Waals surface area contributed by atoms with Crippen molar-refractivity contribution < 1.29 is 13.2 Å². The molecule has 1 amide bonds. The number of hydrogen-bond acceptors (Lipinski definition) is 7. The molecule has 174 valence electrons. The molecule has 4 aliphatic heterocycles. The summed E-state index contributed by atoms with van der Waals surface area (Å²) >= 11 is 1.30. The lowest BCUT2D eigenvalue weighted by Gasteiger charge is -2.18. The van der Waals surface area contributed by atoms with Crippen molar-refractivity contribution in [1.82, 2.24) is 24.6 Å². The fraction of sp³-hybridized carbons (Fsp3) is 0.455. The molecule has 1 aromatic rings. The number of nitrogens with zero attached hydrogens (tertiary/aromatic N) is 4. The van der Waals surface area contributed by atoms with E-state index in [0.717, 1.165) is 37.9 Å². The molecule has 1 saturated heterocycles. The van der Waals surface area contributed by atoms with Gasteiger partial charge in [0.15, 0.2) is 20.8 Å². The fourth-order valence-corrected chi connectivity index (χ4v) is 7.04. The van der Waals surface area contributed by atoms with Gasteiger partial charge in [0.25, 0.3) is 5.56 Å². The lowest BCUT2D eigenvalue weighted by atomic mass is 10.1. The summed E-state index contributed by atoms with van der Waals surface area (Å²) in [6.45, 7) is 0.735. The molecule has 0 saturated carbocycles. The maximum absolute atomic E-state index is 13.3. The van der Waals surface area contributed by atoms with Crippen LogP contribution in [0.4, 0.5) is 0 Å². The van der Waals surface area contributed by atoms with Crippen molar-refractivity contribution in [3.63, 3.8) is 0 Å². The minimum absolute atomic E-state index is 0.000955. The highest BCUT2D eigenvalue weighted by atomic mass is 32.2. The van der Waals surface area contributed by atoms with Crippen molar-refractivity contribution in [2.24, 2.45) is 0 Å². The number of rotatable bonds is 5. The van der Waals surface area contributed by atoms with Crippen molar-refractivity contribution in [2.45, 2.75) is 49.8 Å². The summed E-state index contributed by atoms with van der Waals surface area (Å²) < 4.78 is 26.7. The van der Waals surface area contributed by atoms with Crippen LogP contribution in [0.1, 0.15) is 31.4 Å². The third-order valence-electron chi connectivity index (χ3n) is 6.10. The molecular formula is C22H25N5O4S2. The molecule has 1 aromatic carbocycles. The molecule has 5 rings (SSSR count). The lowest BCUT2D eigenvalue weighted by Crippen LogP contribution is -2.36. The Morgan fingerprint density at radius 2 is 2.00 bits per heavy atom. The maximum atomic E-state index is 13.3. The molecular weight excluding hydrogens is 462 g/mol. The van der Waals surface area contributed by atoms with Crippen LogP contribution in [0.25, 0.3) is 17.1 Å². The number of carbonyl (C=O) groups is 1. The van der Waals surface area contributed by atoms with Gasteiger partial charge in [-0.1, -0.05) is 36.4 Å². The minimum atomic E-state index is -3.05. The first-order valence-corrected chi connectivity index (χ1v) is 13.9. The van der Waals surface area contributed by atoms with Gasteiger partial charge >= 0.3 is 0 Å². The maximum Gasteiger partial charge on any atom is 0.284 e. The summed E-state index contributed by atoms with van der Waals surface area (Å²) in [5.41, 5.74) is 1.99. The summed E-state index contributed by atoms with van der Waals surface area (Å²) in [4.78, 5) is 30.4. The molecule has 4 aliphatic rings. The average molecular weight is 488 g/mol. The Kier molecular flexibility index (Phi) is 6.00. The van der Waals surface area contributed by atoms with Crippen LogP contribution in [-0.4, -0.2) is 57.0 Å². The Labute approximate surface area is 195 Å². The van der Waals surface area contributed by atoms with Gasteiger partial charge in [0.2, 0.25) is 5.91 Å². The Balaban J connectivity index is 1.45. The molecule has 9 nitrogen and oxygen atoms in total. The fourth-order valence-electron chi connectivity index (χ4n) is 4.52. The molecule has 0 aromatic heterocycles. The van der Waals surface area contributed by atoms with E-state index >= 15 is 0 Å². The normalized spacial score (nSPS) is 19.8. The van der Waals surface area contributed by atoms with Crippen LogP contribution in [0.5, 0.6) is 0 Å². The average Bonchev–Trinajstić information content (AvgIpc) is 3.19. The first kappa shape index (κ1) is 22.1. The molecule has 4 heterocycles. The second-order valence-electron chi connectivity index (χ2n) is 8.51. The van der Waals surface area contributed by atoms with Crippen molar-refractivity contribution in [3.05, 3.63) is 46.4 Å². The molecule has 33 heavy (non-hydrogen) atoms. The number of aromatic nitrogens is 4. The number of hydrogen-bond donors (Lipinski definition) is 1. The van der Waals surface area contributed by atoms with E-state index in [0.29, 0.717) is 28.7 Å². The zero-order valence-corrected chi connectivity index (χ0v) is 19.7. The van der Waals surface area contributed by atoms with Crippen molar-refractivity contribution in [2.75, 3.05) is 17.3 Å². The Morgan fingerprint density at radius 1 is 1.18 bits per heavy atom. The van der Waals surface area contributed by atoms with Crippen LogP contribution in [-0.2, 0) is 27.6 Å². The van der Waals surface area contributed by atoms with E-state index in [-0.39, 0.29) is 34.8 Å². The van der Waals surface area contributed by atoms with E-state index in [2.05, 4.69) is 20.0 Å². The van der Waals surface area contributed by atoms with Gasteiger partial charge in [-0.3, -0.25) is 9.59 Å². The number of para-hydroxylation sites is 1. The second-order valence-corrected chi connectivity index (χ2v) is 11.7. The number of sulfone groups is 1. The van der Waals surface area contributed by atoms with Crippen LogP contribution >= 0.6 is 11.8 Å². The Morgan fingerprint density at radius 3 is 2.76 bits per heavy atom. The van der Waals surface area contributed by atoms with Gasteiger partial charge < -0.3 is 9.88 Å². The van der Waals surface area contributed by atoms with Crippen molar-refractivity contribution >= 4 is 27.5 Å². The summed E-state index contributed by atoms with van der Waals surface area (Å²) in [7, 11) is -3.05. The molecule has 0 radical (unpaired) electrons. The standard InChI is InChI=1S/C22H25N5O4S2/c28-18(23-15-10-12-33(30,31)14-15)13-32-22-24-20-19(17-9-5-2-6-11-26(17)22)21(29)27(25-20)16-7-3-1-4-8-16/h1,3-4,7-8,15H,2,5-6,9-14H2,(H,23,28)/t15-/m0/s1. The molecule has 0 unspecified atom stereocenters. The Hall–Kier alpha value is -2.66. The minimum Gasteiger partial charge on any atom is -0.352 e. The number of benzene rings is 1. The predicted molar refractivity (Wildman–Crippen MR) is 126 cm³/mol. The van der Waals surface area contributed by atoms with Gasteiger partial charge in [-0.15, -0.1) is 5.10 Å². The van der Waals surface area contributed by atoms with Gasteiger partial charge in [-0.25, -0.2) is 13.4 Å². The highest BCUT2D eigenvalue weighted by molar-refractivity contribution is 7.99. The Bertz CT molecular complexity index is 1320. The molecule has 0 aliphatic carbocycles. The summed E-state index contributed by atoms with van der Waals surface area (Å²) in [6.07, 6.45) is 4.23. The number of amides is 1. The third-order valence-corrected chi connectivity index (χ3v) is 8.84. The number of nitrogens with one attached hydrogen (secondary N) is 1. The van der Waals surface area contributed by atoms with Crippen molar-refractivity contribution in [1.29, 1.82) is 0 Å². The van der Waals surface area contributed by atoms with Crippen LogP contribution in [0.15, 0.2) is 40.3 Å². The van der Waals surface area contributed by atoms with Gasteiger partial charge in [0, 0.05) is 18.3 Å². The molecule has 1 N–H and O–H groups in total. The second kappa shape index (κ2) is 8.94. The van der Waals surface area contributed by atoms with Crippen LogP contribution in [0.2, 0.25) is 0 Å². The van der Waals surface area contributed by atoms with Crippen LogP contribution in [0.3, 0.4) is 0 Å². The number of fused-ring (bicyclic) bond motifs is 3. The molecule has 0 spiro atoms. The molecule has 0 bridgehead atoms. The van der Waals surface area contributed by atoms with E-state index in [1.165, 1.54) is 16.4 Å². The zero-order chi connectivity index (χ0) is 23.0.